The van der Waals surface area contributed by atoms with Crippen LogP contribution in [-0.2, 0) is 6.54 Å². The van der Waals surface area contributed by atoms with Crippen LogP contribution in [0, 0.1) is 0 Å². The highest BCUT2D eigenvalue weighted by molar-refractivity contribution is 4.73. The fourth-order valence-electron chi connectivity index (χ4n) is 0.693. The zero-order valence-electron chi connectivity index (χ0n) is 7.48. The number of hydrogen-bond donors (Lipinski definition) is 2. The summed E-state index contributed by atoms with van der Waals surface area (Å²) in [5.41, 5.74) is 5.31. The highest BCUT2D eigenvalue weighted by Crippen LogP contribution is 1.87. The van der Waals surface area contributed by atoms with Crippen molar-refractivity contribution in [2.24, 2.45) is 5.73 Å². The number of rotatable bonds is 3. The highest BCUT2D eigenvalue weighted by Gasteiger charge is 1.85. The average molecular weight is 171 g/mol. The van der Waals surface area contributed by atoms with Crippen molar-refractivity contribution < 1.29 is 5.11 Å². The van der Waals surface area contributed by atoms with E-state index in [0.717, 1.165) is 19.5 Å². The predicted molar refractivity (Wildman–Crippen MR) is 48.7 cm³/mol. The molecular weight excluding hydrogens is 154 g/mol. The van der Waals surface area contributed by atoms with Gasteiger partial charge in [0.1, 0.15) is 0 Å². The van der Waals surface area contributed by atoms with E-state index in [1.54, 1.807) is 19.4 Å². The van der Waals surface area contributed by atoms with E-state index in [0.29, 0.717) is 0 Å². The first kappa shape index (κ1) is 11.1. The molecule has 0 atom stereocenters. The van der Waals surface area contributed by atoms with Gasteiger partial charge in [-0.2, -0.15) is 0 Å². The van der Waals surface area contributed by atoms with Crippen LogP contribution >= 0.6 is 0 Å². The van der Waals surface area contributed by atoms with Gasteiger partial charge in [-0.15, -0.1) is 0 Å². The smallest absolute Gasteiger partial charge is 0.0945 e. The van der Waals surface area contributed by atoms with Gasteiger partial charge in [-0.05, 0) is 19.9 Å². The first-order chi connectivity index (χ1) is 5.85. The number of nitrogens with two attached hydrogens (primary N) is 1. The van der Waals surface area contributed by atoms with E-state index in [9.17, 15) is 0 Å². The van der Waals surface area contributed by atoms with Crippen molar-refractivity contribution in [2.45, 2.75) is 19.9 Å². The Hall–Kier alpha value is -0.870. The number of aromatic nitrogens is 2. The Morgan fingerprint density at radius 1 is 1.58 bits per heavy atom. The van der Waals surface area contributed by atoms with Crippen LogP contribution in [0.2, 0.25) is 0 Å². The second kappa shape index (κ2) is 8.23. The van der Waals surface area contributed by atoms with Gasteiger partial charge in [0.05, 0.1) is 6.33 Å². The Kier molecular flexibility index (Phi) is 7.63. The molecule has 0 saturated carbocycles. The molecule has 0 aliphatic heterocycles. The molecule has 1 aromatic rings. The van der Waals surface area contributed by atoms with Crippen LogP contribution in [-0.4, -0.2) is 27.8 Å². The number of aliphatic hydroxyl groups excluding tert-OH is 1. The molecule has 0 amide bonds. The third-order valence-corrected chi connectivity index (χ3v) is 1.18. The second-order valence-corrected chi connectivity index (χ2v) is 2.26. The van der Waals surface area contributed by atoms with Crippen LogP contribution in [0.3, 0.4) is 0 Å². The quantitative estimate of drug-likeness (QED) is 0.684. The molecule has 4 heteroatoms. The van der Waals surface area contributed by atoms with Crippen molar-refractivity contribution in [2.75, 3.05) is 13.2 Å². The second-order valence-electron chi connectivity index (χ2n) is 2.26. The minimum absolute atomic E-state index is 0.250. The molecule has 0 bridgehead atoms. The molecule has 70 valence electrons. The van der Waals surface area contributed by atoms with Gasteiger partial charge in [-0.25, -0.2) is 4.98 Å². The van der Waals surface area contributed by atoms with Crippen molar-refractivity contribution in [1.82, 2.24) is 9.55 Å². The molecule has 1 heterocycles. The van der Waals surface area contributed by atoms with Gasteiger partial charge in [0.2, 0.25) is 0 Å². The fourth-order valence-corrected chi connectivity index (χ4v) is 0.693. The summed E-state index contributed by atoms with van der Waals surface area (Å²) in [6, 6.07) is 0. The molecule has 0 saturated heterocycles. The summed E-state index contributed by atoms with van der Waals surface area (Å²) in [6.07, 6.45) is 6.54. The summed E-state index contributed by atoms with van der Waals surface area (Å²) in [7, 11) is 0. The van der Waals surface area contributed by atoms with Gasteiger partial charge >= 0.3 is 0 Å². The first-order valence-corrected chi connectivity index (χ1v) is 4.11. The maximum atomic E-state index is 7.57. The Bertz CT molecular complexity index is 163. The normalized spacial score (nSPS) is 8.92. The van der Waals surface area contributed by atoms with Crippen LogP contribution in [0.4, 0.5) is 0 Å². The van der Waals surface area contributed by atoms with Crippen molar-refractivity contribution in [3.63, 3.8) is 0 Å². The molecule has 3 N–H and O–H groups in total. The Balaban J connectivity index is 0.000000354. The molecule has 0 aromatic carbocycles. The van der Waals surface area contributed by atoms with E-state index in [-0.39, 0.29) is 6.61 Å². The summed E-state index contributed by atoms with van der Waals surface area (Å²) in [6.45, 7) is 3.66. The van der Waals surface area contributed by atoms with Crippen LogP contribution in [0.5, 0.6) is 0 Å². The number of imidazole rings is 1. The van der Waals surface area contributed by atoms with Crippen molar-refractivity contribution in [3.8, 4) is 0 Å². The Morgan fingerprint density at radius 2 is 2.25 bits per heavy atom. The van der Waals surface area contributed by atoms with E-state index in [4.69, 9.17) is 10.8 Å². The molecule has 0 unspecified atom stereocenters. The van der Waals surface area contributed by atoms with E-state index in [2.05, 4.69) is 4.98 Å². The van der Waals surface area contributed by atoms with Gasteiger partial charge < -0.3 is 15.4 Å². The molecular formula is C8H17N3O. The minimum atomic E-state index is 0.250. The molecule has 0 aliphatic rings. The monoisotopic (exact) mass is 171 g/mol. The molecule has 12 heavy (non-hydrogen) atoms. The molecule has 0 radical (unpaired) electrons. The van der Waals surface area contributed by atoms with E-state index in [1.807, 2.05) is 10.8 Å². The lowest BCUT2D eigenvalue weighted by Crippen LogP contribution is -2.03. The zero-order valence-corrected chi connectivity index (χ0v) is 7.48. The van der Waals surface area contributed by atoms with Crippen LogP contribution < -0.4 is 5.73 Å². The molecule has 0 fully saturated rings. The number of aryl methyl sites for hydroxylation is 1. The third-order valence-electron chi connectivity index (χ3n) is 1.18. The van der Waals surface area contributed by atoms with Crippen molar-refractivity contribution in [1.29, 1.82) is 0 Å². The molecule has 1 aromatic heterocycles. The van der Waals surface area contributed by atoms with E-state index < -0.39 is 0 Å². The Labute approximate surface area is 73.0 Å². The Morgan fingerprint density at radius 3 is 2.67 bits per heavy atom. The summed E-state index contributed by atoms with van der Waals surface area (Å²) in [5, 5.41) is 7.57. The molecule has 0 aliphatic carbocycles. The number of hydrogen-bond acceptors (Lipinski definition) is 3. The van der Waals surface area contributed by atoms with Gasteiger partial charge in [-0.3, -0.25) is 0 Å². The first-order valence-electron chi connectivity index (χ1n) is 4.11. The summed E-state index contributed by atoms with van der Waals surface area (Å²) >= 11 is 0. The zero-order chi connectivity index (χ0) is 9.23. The van der Waals surface area contributed by atoms with Crippen molar-refractivity contribution >= 4 is 0 Å². The highest BCUT2D eigenvalue weighted by atomic mass is 16.2. The van der Waals surface area contributed by atoms with Gasteiger partial charge in [0.25, 0.3) is 0 Å². The van der Waals surface area contributed by atoms with E-state index >= 15 is 0 Å². The fraction of sp³-hybridized carbons (Fsp3) is 0.625. The summed E-state index contributed by atoms with van der Waals surface area (Å²) in [5.74, 6) is 0. The lowest BCUT2D eigenvalue weighted by atomic mass is 10.4. The molecule has 4 nitrogen and oxygen atoms in total. The third kappa shape index (κ3) is 5.88. The van der Waals surface area contributed by atoms with Crippen molar-refractivity contribution in [3.05, 3.63) is 18.7 Å². The van der Waals surface area contributed by atoms with Gasteiger partial charge in [0, 0.05) is 25.5 Å². The summed E-state index contributed by atoms with van der Waals surface area (Å²) in [4.78, 5) is 3.90. The lowest BCUT2D eigenvalue weighted by Gasteiger charge is -1.96. The molecule has 1 rings (SSSR count). The van der Waals surface area contributed by atoms with Gasteiger partial charge in [-0.1, -0.05) is 0 Å². The van der Waals surface area contributed by atoms with Gasteiger partial charge in [0.15, 0.2) is 0 Å². The van der Waals surface area contributed by atoms with Crippen LogP contribution in [0.1, 0.15) is 13.3 Å². The standard InChI is InChI=1S/C6H11N3.C2H6O/c7-2-1-4-9-5-3-8-6-9;1-2-3/h3,5-6H,1-2,4,7H2;3H,2H2,1H3. The predicted octanol–water partition coefficient (Wildman–Crippen LogP) is 0.230. The average Bonchev–Trinajstić information content (AvgIpc) is 2.54. The largest absolute Gasteiger partial charge is 0.397 e. The van der Waals surface area contributed by atoms with Crippen LogP contribution in [0.25, 0.3) is 0 Å². The maximum absolute atomic E-state index is 7.57. The summed E-state index contributed by atoms with van der Waals surface area (Å²) < 4.78 is 2.02. The van der Waals surface area contributed by atoms with Crippen LogP contribution in [0.15, 0.2) is 18.7 Å². The van der Waals surface area contributed by atoms with E-state index in [1.165, 1.54) is 0 Å². The molecule has 0 spiro atoms. The minimum Gasteiger partial charge on any atom is -0.397 e. The number of nitrogens with zero attached hydrogens (tertiary/aromatic N) is 2. The lowest BCUT2D eigenvalue weighted by molar-refractivity contribution is 0.318. The topological polar surface area (TPSA) is 64.1 Å². The number of aliphatic hydroxyl groups is 1. The maximum Gasteiger partial charge on any atom is 0.0945 e. The SMILES string of the molecule is CCO.NCCCn1ccnc1.